The summed E-state index contributed by atoms with van der Waals surface area (Å²) < 4.78 is 5.80. The van der Waals surface area contributed by atoms with Gasteiger partial charge in [0.2, 0.25) is 0 Å². The van der Waals surface area contributed by atoms with Gasteiger partial charge in [-0.2, -0.15) is 0 Å². The molecule has 0 aliphatic rings. The Labute approximate surface area is 110 Å². The largest absolute Gasteiger partial charge is 0.458 e. The molecule has 0 aliphatic carbocycles. The van der Waals surface area contributed by atoms with Crippen LogP contribution >= 0.6 is 0 Å². The van der Waals surface area contributed by atoms with Crippen LogP contribution in [-0.2, 0) is 6.42 Å². The zero-order valence-electron chi connectivity index (χ0n) is 10.7. The topological polar surface area (TPSA) is 9.23 Å². The molecule has 0 N–H and O–H groups in total. The number of unbranched alkanes of at least 4 members (excludes halogenated alkanes) is 1. The van der Waals surface area contributed by atoms with Crippen LogP contribution in [0.3, 0.4) is 0 Å². The second-order valence-corrected chi connectivity index (χ2v) is 4.39. The molecule has 0 fully saturated rings. The molecule has 2 rings (SSSR count). The Hall–Kier alpha value is -1.70. The van der Waals surface area contributed by atoms with E-state index in [2.05, 4.69) is 13.0 Å². The summed E-state index contributed by atoms with van der Waals surface area (Å²) in [5.41, 5.74) is 1.95. The lowest BCUT2D eigenvalue weighted by Gasteiger charge is -2.11. The lowest BCUT2D eigenvalue weighted by Crippen LogP contribution is -2.07. The van der Waals surface area contributed by atoms with E-state index in [4.69, 9.17) is 12.6 Å². The molecule has 2 heteroatoms. The predicted octanol–water partition coefficient (Wildman–Crippen LogP) is 3.62. The monoisotopic (exact) mass is 236 g/mol. The molecule has 0 aromatic heterocycles. The lowest BCUT2D eigenvalue weighted by atomic mass is 9.93. The molecule has 18 heavy (non-hydrogen) atoms. The second kappa shape index (κ2) is 6.30. The summed E-state index contributed by atoms with van der Waals surface area (Å²) in [6.07, 6.45) is 3.45. The fraction of sp³-hybridized carbons (Fsp3) is 0.250. The summed E-state index contributed by atoms with van der Waals surface area (Å²) in [4.78, 5) is 0. The average molecular weight is 236 g/mol. The van der Waals surface area contributed by atoms with E-state index in [1.165, 1.54) is 18.4 Å². The van der Waals surface area contributed by atoms with Crippen LogP contribution in [0.5, 0.6) is 11.5 Å². The molecule has 0 unspecified atom stereocenters. The van der Waals surface area contributed by atoms with Gasteiger partial charge in [0.25, 0.3) is 0 Å². The second-order valence-electron chi connectivity index (χ2n) is 4.39. The smallest absolute Gasteiger partial charge is 0.127 e. The Morgan fingerprint density at radius 1 is 1.06 bits per heavy atom. The van der Waals surface area contributed by atoms with E-state index in [1.54, 1.807) is 0 Å². The summed E-state index contributed by atoms with van der Waals surface area (Å²) in [6, 6.07) is 15.8. The molecule has 0 saturated heterocycles. The quantitative estimate of drug-likeness (QED) is 0.720. The van der Waals surface area contributed by atoms with Gasteiger partial charge in [0, 0.05) is 0 Å². The van der Waals surface area contributed by atoms with Crippen molar-refractivity contribution in [1.29, 1.82) is 0 Å². The summed E-state index contributed by atoms with van der Waals surface area (Å²) in [6.45, 7) is 2.19. The maximum absolute atomic E-state index is 5.94. The standard InChI is InChI=1S/C16H17BO/c1-2-3-7-13-10-11-15(17)16(12-13)18-14-8-5-4-6-9-14/h4-6,8-12H,2-3,7H2,1H3. The average Bonchev–Trinajstić information content (AvgIpc) is 2.41. The van der Waals surface area contributed by atoms with Crippen molar-refractivity contribution in [3.63, 3.8) is 0 Å². The van der Waals surface area contributed by atoms with Gasteiger partial charge in [-0.25, -0.2) is 0 Å². The van der Waals surface area contributed by atoms with Gasteiger partial charge in [0.15, 0.2) is 0 Å². The first-order chi connectivity index (χ1) is 8.79. The molecule has 0 amide bonds. The van der Waals surface area contributed by atoms with Crippen molar-refractivity contribution < 1.29 is 4.74 Å². The zero-order valence-corrected chi connectivity index (χ0v) is 10.7. The summed E-state index contributed by atoms with van der Waals surface area (Å²) in [7, 11) is 5.94. The van der Waals surface area contributed by atoms with E-state index in [0.717, 1.165) is 17.9 Å². The highest BCUT2D eigenvalue weighted by Crippen LogP contribution is 2.20. The van der Waals surface area contributed by atoms with Crippen LogP contribution in [0.15, 0.2) is 48.5 Å². The van der Waals surface area contributed by atoms with Crippen LogP contribution in [0.1, 0.15) is 25.3 Å². The van der Waals surface area contributed by atoms with Crippen molar-refractivity contribution >= 4 is 13.3 Å². The van der Waals surface area contributed by atoms with Crippen molar-refractivity contribution in [1.82, 2.24) is 0 Å². The fourth-order valence-electron chi connectivity index (χ4n) is 1.82. The van der Waals surface area contributed by atoms with Gasteiger partial charge in [0.1, 0.15) is 19.3 Å². The Morgan fingerprint density at radius 2 is 1.83 bits per heavy atom. The van der Waals surface area contributed by atoms with Gasteiger partial charge in [0.05, 0.1) is 0 Å². The first kappa shape index (κ1) is 12.8. The molecule has 0 heterocycles. The predicted molar refractivity (Wildman–Crippen MR) is 77.0 cm³/mol. The lowest BCUT2D eigenvalue weighted by molar-refractivity contribution is 0.485. The van der Waals surface area contributed by atoms with Gasteiger partial charge in [-0.05, 0) is 36.6 Å². The maximum atomic E-state index is 5.94. The Morgan fingerprint density at radius 3 is 2.56 bits per heavy atom. The molecule has 1 nitrogen and oxygen atoms in total. The number of hydrogen-bond acceptors (Lipinski definition) is 1. The highest BCUT2D eigenvalue weighted by Gasteiger charge is 2.02. The number of ether oxygens (including phenoxy) is 1. The molecule has 2 aromatic carbocycles. The molecule has 90 valence electrons. The van der Waals surface area contributed by atoms with Crippen molar-refractivity contribution in [2.75, 3.05) is 0 Å². The number of para-hydroxylation sites is 1. The molecule has 0 aliphatic heterocycles. The number of hydrogen-bond donors (Lipinski definition) is 0. The van der Waals surface area contributed by atoms with Crippen LogP contribution in [0.2, 0.25) is 0 Å². The van der Waals surface area contributed by atoms with Gasteiger partial charge >= 0.3 is 0 Å². The molecule has 0 saturated carbocycles. The van der Waals surface area contributed by atoms with E-state index in [0.29, 0.717) is 5.46 Å². The molecule has 0 atom stereocenters. The molecule has 2 aromatic rings. The highest BCUT2D eigenvalue weighted by molar-refractivity contribution is 6.34. The van der Waals surface area contributed by atoms with Gasteiger partial charge < -0.3 is 4.74 Å². The van der Waals surface area contributed by atoms with E-state index < -0.39 is 0 Å². The minimum Gasteiger partial charge on any atom is -0.458 e. The van der Waals surface area contributed by atoms with Crippen LogP contribution in [0.4, 0.5) is 0 Å². The Bertz CT molecular complexity index is 494. The molecule has 0 bridgehead atoms. The Kier molecular flexibility index (Phi) is 4.46. The maximum Gasteiger partial charge on any atom is 0.127 e. The third-order valence-corrected chi connectivity index (χ3v) is 2.87. The van der Waals surface area contributed by atoms with E-state index in [-0.39, 0.29) is 0 Å². The van der Waals surface area contributed by atoms with Crippen molar-refractivity contribution in [3.8, 4) is 11.5 Å². The normalized spacial score (nSPS) is 10.3. The molecular formula is C16H17BO. The first-order valence-electron chi connectivity index (χ1n) is 6.41. The zero-order chi connectivity index (χ0) is 12.8. The van der Waals surface area contributed by atoms with Gasteiger partial charge in [-0.1, -0.05) is 49.1 Å². The van der Waals surface area contributed by atoms with Crippen molar-refractivity contribution in [3.05, 3.63) is 54.1 Å². The number of benzene rings is 2. The van der Waals surface area contributed by atoms with Crippen LogP contribution in [-0.4, -0.2) is 7.85 Å². The van der Waals surface area contributed by atoms with E-state index >= 15 is 0 Å². The third kappa shape index (κ3) is 3.40. The number of aryl methyl sites for hydroxylation is 1. The minimum atomic E-state index is 0.680. The fourth-order valence-corrected chi connectivity index (χ4v) is 1.82. The SMILES string of the molecule is [B]c1ccc(CCCC)cc1Oc1ccccc1. The van der Waals surface area contributed by atoms with Crippen LogP contribution in [0, 0.1) is 0 Å². The molecule has 0 spiro atoms. The summed E-state index contributed by atoms with van der Waals surface area (Å²) in [5.74, 6) is 1.56. The van der Waals surface area contributed by atoms with Crippen LogP contribution in [0.25, 0.3) is 0 Å². The number of rotatable bonds is 5. The van der Waals surface area contributed by atoms with Crippen molar-refractivity contribution in [2.45, 2.75) is 26.2 Å². The molecule has 2 radical (unpaired) electrons. The van der Waals surface area contributed by atoms with Crippen LogP contribution < -0.4 is 10.2 Å². The van der Waals surface area contributed by atoms with Gasteiger partial charge in [-0.3, -0.25) is 0 Å². The third-order valence-electron chi connectivity index (χ3n) is 2.87. The summed E-state index contributed by atoms with van der Waals surface area (Å²) >= 11 is 0. The van der Waals surface area contributed by atoms with Gasteiger partial charge in [-0.15, -0.1) is 0 Å². The first-order valence-corrected chi connectivity index (χ1v) is 6.41. The minimum absolute atomic E-state index is 0.680. The summed E-state index contributed by atoms with van der Waals surface area (Å²) in [5, 5.41) is 0. The van der Waals surface area contributed by atoms with Crippen molar-refractivity contribution in [2.24, 2.45) is 0 Å². The Balaban J connectivity index is 2.16. The van der Waals surface area contributed by atoms with E-state index in [1.807, 2.05) is 42.5 Å². The molecular weight excluding hydrogens is 219 g/mol. The highest BCUT2D eigenvalue weighted by atomic mass is 16.5. The van der Waals surface area contributed by atoms with E-state index in [9.17, 15) is 0 Å².